The van der Waals surface area contributed by atoms with Crippen molar-refractivity contribution in [3.63, 3.8) is 0 Å². The minimum absolute atomic E-state index is 0.0294. The fraction of sp³-hybridized carbons (Fsp3) is 0.412. The molecule has 1 fully saturated rings. The smallest absolute Gasteiger partial charge is 0.276 e. The normalized spacial score (nSPS) is 15.2. The molecule has 0 bridgehead atoms. The number of carbonyl (C=O) groups is 1. The lowest BCUT2D eigenvalue weighted by Gasteiger charge is -2.36. The molecule has 1 aliphatic heterocycles. The van der Waals surface area contributed by atoms with Crippen LogP contribution in [0.4, 0.5) is 5.69 Å². The molecule has 5 nitrogen and oxygen atoms in total. The first-order valence-corrected chi connectivity index (χ1v) is 7.60. The van der Waals surface area contributed by atoms with Crippen LogP contribution in [0.25, 0.3) is 0 Å². The number of amides is 1. The van der Waals surface area contributed by atoms with Crippen molar-refractivity contribution in [2.45, 2.75) is 20.8 Å². The Labute approximate surface area is 130 Å². The van der Waals surface area contributed by atoms with Crippen LogP contribution in [0.3, 0.4) is 0 Å². The molecule has 22 heavy (non-hydrogen) atoms. The monoisotopic (exact) mass is 299 g/mol. The Morgan fingerprint density at radius 2 is 1.86 bits per heavy atom. The van der Waals surface area contributed by atoms with E-state index < -0.39 is 0 Å². The molecule has 116 valence electrons. The van der Waals surface area contributed by atoms with Crippen molar-refractivity contribution in [2.75, 3.05) is 31.1 Å². The van der Waals surface area contributed by atoms with Gasteiger partial charge in [0.25, 0.3) is 5.91 Å². The van der Waals surface area contributed by atoms with E-state index in [-0.39, 0.29) is 5.91 Å². The lowest BCUT2D eigenvalue weighted by atomic mass is 10.1. The largest absolute Gasteiger partial charge is 0.368 e. The van der Waals surface area contributed by atoms with Crippen LogP contribution < -0.4 is 4.90 Å². The lowest BCUT2D eigenvalue weighted by Crippen LogP contribution is -2.49. The first-order valence-electron chi connectivity index (χ1n) is 7.60. The lowest BCUT2D eigenvalue weighted by molar-refractivity contribution is 0.0735. The molecule has 1 aromatic carbocycles. The second-order valence-electron chi connectivity index (χ2n) is 5.83. The highest BCUT2D eigenvalue weighted by molar-refractivity contribution is 5.93. The average Bonchev–Trinajstić information content (AvgIpc) is 2.86. The molecule has 0 spiro atoms. The Morgan fingerprint density at radius 1 is 1.14 bits per heavy atom. The molecule has 0 radical (unpaired) electrons. The molecule has 5 heteroatoms. The third-order valence-electron chi connectivity index (χ3n) is 4.29. The molecule has 1 aromatic heterocycles. The molecular weight excluding hydrogens is 278 g/mol. The number of hydrogen-bond donors (Lipinski definition) is 0. The summed E-state index contributed by atoms with van der Waals surface area (Å²) in [7, 11) is 0. The summed E-state index contributed by atoms with van der Waals surface area (Å²) < 4.78 is 5.10. The number of benzene rings is 1. The minimum Gasteiger partial charge on any atom is -0.368 e. The third-order valence-corrected chi connectivity index (χ3v) is 4.29. The van der Waals surface area contributed by atoms with E-state index in [1.54, 1.807) is 0 Å². The van der Waals surface area contributed by atoms with Crippen molar-refractivity contribution >= 4 is 11.6 Å². The van der Waals surface area contributed by atoms with Gasteiger partial charge in [-0.1, -0.05) is 17.3 Å². The van der Waals surface area contributed by atoms with Gasteiger partial charge < -0.3 is 14.3 Å². The molecule has 0 N–H and O–H groups in total. The van der Waals surface area contributed by atoms with Crippen molar-refractivity contribution < 1.29 is 9.32 Å². The van der Waals surface area contributed by atoms with Crippen LogP contribution >= 0.6 is 0 Å². The van der Waals surface area contributed by atoms with Gasteiger partial charge in [0.1, 0.15) is 5.76 Å². The van der Waals surface area contributed by atoms with Crippen LogP contribution in [0.2, 0.25) is 0 Å². The maximum absolute atomic E-state index is 12.5. The number of aryl methyl sites for hydroxylation is 2. The number of nitrogens with zero attached hydrogens (tertiary/aromatic N) is 3. The number of piperazine rings is 1. The zero-order valence-electron chi connectivity index (χ0n) is 13.3. The summed E-state index contributed by atoms with van der Waals surface area (Å²) in [5.41, 5.74) is 3.76. The highest BCUT2D eigenvalue weighted by Crippen LogP contribution is 2.19. The molecule has 3 rings (SSSR count). The summed E-state index contributed by atoms with van der Waals surface area (Å²) in [5.74, 6) is 0.681. The van der Waals surface area contributed by atoms with E-state index >= 15 is 0 Å². The fourth-order valence-corrected chi connectivity index (χ4v) is 2.76. The predicted octanol–water partition coefficient (Wildman–Crippen LogP) is 2.56. The molecule has 0 unspecified atom stereocenters. The molecule has 1 aliphatic rings. The van der Waals surface area contributed by atoms with Crippen molar-refractivity contribution in [2.24, 2.45) is 0 Å². The molecule has 1 amide bonds. The molecule has 2 aromatic rings. The van der Waals surface area contributed by atoms with Crippen molar-refractivity contribution in [1.82, 2.24) is 10.1 Å². The summed E-state index contributed by atoms with van der Waals surface area (Å²) in [4.78, 5) is 16.7. The van der Waals surface area contributed by atoms with Crippen LogP contribution in [-0.2, 0) is 0 Å². The molecule has 0 aliphatic carbocycles. The number of carbonyl (C=O) groups excluding carboxylic acids is 1. The summed E-state index contributed by atoms with van der Waals surface area (Å²) in [6.07, 6.45) is 0. The summed E-state index contributed by atoms with van der Waals surface area (Å²) in [5, 5.41) is 3.90. The van der Waals surface area contributed by atoms with Gasteiger partial charge >= 0.3 is 0 Å². The van der Waals surface area contributed by atoms with Crippen molar-refractivity contribution in [1.29, 1.82) is 0 Å². The van der Waals surface area contributed by atoms with Crippen molar-refractivity contribution in [3.8, 4) is 0 Å². The average molecular weight is 299 g/mol. The minimum atomic E-state index is -0.0294. The molecule has 2 heterocycles. The summed E-state index contributed by atoms with van der Waals surface area (Å²) >= 11 is 0. The van der Waals surface area contributed by atoms with Gasteiger partial charge in [0.2, 0.25) is 0 Å². The van der Waals surface area contributed by atoms with E-state index in [4.69, 9.17) is 4.52 Å². The first kappa shape index (κ1) is 14.6. The van der Waals surface area contributed by atoms with E-state index in [2.05, 4.69) is 41.2 Å². The van der Waals surface area contributed by atoms with Crippen LogP contribution in [0.15, 0.2) is 28.8 Å². The number of aromatic nitrogens is 1. The molecular formula is C17H21N3O2. The standard InChI is InChI=1S/C17H21N3O2/c1-12-5-4-6-15(11-12)19-7-9-20(10-8-19)17(21)16-13(2)14(3)22-18-16/h4-6,11H,7-10H2,1-3H3. The van der Waals surface area contributed by atoms with Gasteiger partial charge in [-0.15, -0.1) is 0 Å². The zero-order valence-corrected chi connectivity index (χ0v) is 13.3. The van der Waals surface area contributed by atoms with Gasteiger partial charge in [-0.3, -0.25) is 4.79 Å². The zero-order chi connectivity index (χ0) is 15.7. The molecule has 0 atom stereocenters. The Morgan fingerprint density at radius 3 is 2.45 bits per heavy atom. The van der Waals surface area contributed by atoms with Gasteiger partial charge in [-0.2, -0.15) is 0 Å². The number of anilines is 1. The quantitative estimate of drug-likeness (QED) is 0.855. The highest BCUT2D eigenvalue weighted by Gasteiger charge is 2.26. The Bertz CT molecular complexity index is 685. The maximum Gasteiger partial charge on any atom is 0.276 e. The first-order chi connectivity index (χ1) is 10.6. The summed E-state index contributed by atoms with van der Waals surface area (Å²) in [6.45, 7) is 8.89. The number of hydrogen-bond acceptors (Lipinski definition) is 4. The Hall–Kier alpha value is -2.30. The Kier molecular flexibility index (Phi) is 3.88. The van der Waals surface area contributed by atoms with E-state index in [0.29, 0.717) is 24.5 Å². The van der Waals surface area contributed by atoms with Crippen LogP contribution in [-0.4, -0.2) is 42.1 Å². The van der Waals surface area contributed by atoms with Gasteiger partial charge in [0.05, 0.1) is 0 Å². The van der Waals surface area contributed by atoms with Crippen LogP contribution in [0.5, 0.6) is 0 Å². The second-order valence-corrected chi connectivity index (χ2v) is 5.83. The third kappa shape index (κ3) is 2.71. The number of rotatable bonds is 2. The van der Waals surface area contributed by atoms with E-state index in [9.17, 15) is 4.79 Å². The SMILES string of the molecule is Cc1cccc(N2CCN(C(=O)c3noc(C)c3C)CC2)c1. The highest BCUT2D eigenvalue weighted by atomic mass is 16.5. The second kappa shape index (κ2) is 5.83. The van der Waals surface area contributed by atoms with E-state index in [1.165, 1.54) is 11.3 Å². The van der Waals surface area contributed by atoms with Gasteiger partial charge in [0.15, 0.2) is 5.69 Å². The van der Waals surface area contributed by atoms with Crippen molar-refractivity contribution in [3.05, 3.63) is 46.8 Å². The fourth-order valence-electron chi connectivity index (χ4n) is 2.76. The topological polar surface area (TPSA) is 49.6 Å². The van der Waals surface area contributed by atoms with Crippen LogP contribution in [0, 0.1) is 20.8 Å². The van der Waals surface area contributed by atoms with E-state index in [1.807, 2.05) is 18.7 Å². The Balaban J connectivity index is 1.67. The summed E-state index contributed by atoms with van der Waals surface area (Å²) in [6, 6.07) is 8.47. The van der Waals surface area contributed by atoms with Crippen LogP contribution in [0.1, 0.15) is 27.4 Å². The molecule has 0 saturated carbocycles. The van der Waals surface area contributed by atoms with Gasteiger partial charge in [0, 0.05) is 37.4 Å². The van der Waals surface area contributed by atoms with Gasteiger partial charge in [-0.05, 0) is 38.5 Å². The van der Waals surface area contributed by atoms with Gasteiger partial charge in [-0.25, -0.2) is 0 Å². The maximum atomic E-state index is 12.5. The predicted molar refractivity (Wildman–Crippen MR) is 85.3 cm³/mol. The van der Waals surface area contributed by atoms with E-state index in [0.717, 1.165) is 18.7 Å². The molecule has 1 saturated heterocycles.